The van der Waals surface area contributed by atoms with Gasteiger partial charge < -0.3 is 15.5 Å². The Hall–Kier alpha value is -1.55. The lowest BCUT2D eigenvalue weighted by atomic mass is 9.75. The fourth-order valence-electron chi connectivity index (χ4n) is 3.16. The van der Waals surface area contributed by atoms with Gasteiger partial charge in [-0.1, -0.05) is 0 Å². The molecule has 4 nitrogen and oxygen atoms in total. The van der Waals surface area contributed by atoms with E-state index in [0.717, 1.165) is 25.1 Å². The standard InChI is InChI=1S/C16H23N3O/c1-19(2)16(7-3-8-16)11-18-15(20)13-4-5-14-12(10-13)6-9-17-14/h4-5,10,17H,3,6-9,11H2,1-2H3,(H,18,20). The number of fused-ring (bicyclic) bond motifs is 1. The predicted molar refractivity (Wildman–Crippen MR) is 81.2 cm³/mol. The smallest absolute Gasteiger partial charge is 0.251 e. The van der Waals surface area contributed by atoms with Crippen LogP contribution in [-0.2, 0) is 6.42 Å². The van der Waals surface area contributed by atoms with Crippen LogP contribution in [0.3, 0.4) is 0 Å². The number of carbonyl (C=O) groups is 1. The molecule has 1 fully saturated rings. The van der Waals surface area contributed by atoms with Crippen LogP contribution in [0.25, 0.3) is 0 Å². The summed E-state index contributed by atoms with van der Waals surface area (Å²) in [6, 6.07) is 5.95. The number of nitrogens with one attached hydrogen (secondary N) is 2. The quantitative estimate of drug-likeness (QED) is 0.880. The third kappa shape index (κ3) is 2.29. The minimum absolute atomic E-state index is 0.0489. The van der Waals surface area contributed by atoms with Crippen LogP contribution in [0, 0.1) is 0 Å². The summed E-state index contributed by atoms with van der Waals surface area (Å²) >= 11 is 0. The lowest BCUT2D eigenvalue weighted by Gasteiger charge is -2.47. The normalized spacial score (nSPS) is 19.1. The Morgan fingerprint density at radius 2 is 2.20 bits per heavy atom. The van der Waals surface area contributed by atoms with E-state index in [1.54, 1.807) is 0 Å². The first kappa shape index (κ1) is 13.4. The Kier molecular flexibility index (Phi) is 3.42. The average molecular weight is 273 g/mol. The number of anilines is 1. The van der Waals surface area contributed by atoms with E-state index >= 15 is 0 Å². The highest BCUT2D eigenvalue weighted by molar-refractivity contribution is 5.95. The summed E-state index contributed by atoms with van der Waals surface area (Å²) < 4.78 is 0. The summed E-state index contributed by atoms with van der Waals surface area (Å²) in [5.74, 6) is 0.0489. The number of likely N-dealkylation sites (N-methyl/N-ethyl adjacent to an activating group) is 1. The zero-order valence-electron chi connectivity index (χ0n) is 12.3. The van der Waals surface area contributed by atoms with Crippen molar-refractivity contribution in [2.45, 2.75) is 31.2 Å². The molecule has 1 aromatic carbocycles. The van der Waals surface area contributed by atoms with E-state index in [-0.39, 0.29) is 11.4 Å². The molecule has 20 heavy (non-hydrogen) atoms. The maximum absolute atomic E-state index is 12.3. The number of hydrogen-bond acceptors (Lipinski definition) is 3. The van der Waals surface area contributed by atoms with E-state index in [9.17, 15) is 4.79 Å². The zero-order chi connectivity index (χ0) is 14.2. The number of hydrogen-bond donors (Lipinski definition) is 2. The van der Waals surface area contributed by atoms with Crippen LogP contribution in [0.4, 0.5) is 5.69 Å². The third-order valence-electron chi connectivity index (χ3n) is 4.89. The highest BCUT2D eigenvalue weighted by Gasteiger charge is 2.39. The second-order valence-electron chi connectivity index (χ2n) is 6.20. The van der Waals surface area contributed by atoms with Crippen LogP contribution in [-0.4, -0.2) is 43.5 Å². The molecule has 0 bridgehead atoms. The van der Waals surface area contributed by atoms with Crippen LogP contribution in [0.2, 0.25) is 0 Å². The van der Waals surface area contributed by atoms with Gasteiger partial charge in [0.15, 0.2) is 0 Å². The molecule has 1 aliphatic carbocycles. The molecular formula is C16H23N3O. The molecule has 2 aliphatic rings. The number of rotatable bonds is 4. The molecule has 4 heteroatoms. The van der Waals surface area contributed by atoms with Crippen molar-refractivity contribution in [2.24, 2.45) is 0 Å². The van der Waals surface area contributed by atoms with Crippen LogP contribution < -0.4 is 10.6 Å². The van der Waals surface area contributed by atoms with Gasteiger partial charge in [-0.2, -0.15) is 0 Å². The molecule has 1 aromatic rings. The molecule has 0 saturated heterocycles. The lowest BCUT2D eigenvalue weighted by Crippen LogP contribution is -2.57. The summed E-state index contributed by atoms with van der Waals surface area (Å²) in [5.41, 5.74) is 3.38. The average Bonchev–Trinajstić information content (AvgIpc) is 2.83. The minimum Gasteiger partial charge on any atom is -0.384 e. The molecule has 108 valence electrons. The fourth-order valence-corrected chi connectivity index (χ4v) is 3.16. The van der Waals surface area contributed by atoms with Crippen LogP contribution >= 0.6 is 0 Å². The van der Waals surface area contributed by atoms with Crippen molar-refractivity contribution in [1.82, 2.24) is 10.2 Å². The molecule has 1 saturated carbocycles. The molecule has 0 spiro atoms. The molecule has 0 radical (unpaired) electrons. The Labute approximate surface area is 120 Å². The highest BCUT2D eigenvalue weighted by atomic mass is 16.1. The summed E-state index contributed by atoms with van der Waals surface area (Å²) in [6.07, 6.45) is 4.62. The Balaban J connectivity index is 1.65. The third-order valence-corrected chi connectivity index (χ3v) is 4.89. The number of amides is 1. The Bertz CT molecular complexity index is 520. The van der Waals surface area contributed by atoms with Gasteiger partial charge >= 0.3 is 0 Å². The molecule has 3 rings (SSSR count). The molecule has 1 aliphatic heterocycles. The van der Waals surface area contributed by atoms with Gasteiger partial charge in [-0.05, 0) is 63.5 Å². The number of carbonyl (C=O) groups excluding carboxylic acids is 1. The van der Waals surface area contributed by atoms with Crippen LogP contribution in [0.5, 0.6) is 0 Å². The van der Waals surface area contributed by atoms with Gasteiger partial charge in [0.05, 0.1) is 0 Å². The molecule has 1 amide bonds. The van der Waals surface area contributed by atoms with Crippen LogP contribution in [0.1, 0.15) is 35.2 Å². The van der Waals surface area contributed by atoms with E-state index in [1.165, 1.54) is 30.5 Å². The monoisotopic (exact) mass is 273 g/mol. The first-order valence-corrected chi connectivity index (χ1v) is 7.43. The molecule has 2 N–H and O–H groups in total. The van der Waals surface area contributed by atoms with Gasteiger partial charge in [-0.25, -0.2) is 0 Å². The van der Waals surface area contributed by atoms with Crippen molar-refractivity contribution >= 4 is 11.6 Å². The number of nitrogens with zero attached hydrogens (tertiary/aromatic N) is 1. The molecule has 0 atom stereocenters. The van der Waals surface area contributed by atoms with Gasteiger partial charge in [-0.3, -0.25) is 4.79 Å². The SMILES string of the molecule is CN(C)C1(CNC(=O)c2ccc3c(c2)CCN3)CCC1. The summed E-state index contributed by atoms with van der Waals surface area (Å²) in [4.78, 5) is 14.6. The largest absolute Gasteiger partial charge is 0.384 e. The van der Waals surface area contributed by atoms with Crippen molar-refractivity contribution < 1.29 is 4.79 Å². The Morgan fingerprint density at radius 3 is 2.85 bits per heavy atom. The number of benzene rings is 1. The first-order valence-electron chi connectivity index (χ1n) is 7.43. The fraction of sp³-hybridized carbons (Fsp3) is 0.562. The van der Waals surface area contributed by atoms with Crippen molar-refractivity contribution in [3.8, 4) is 0 Å². The maximum atomic E-state index is 12.3. The first-order chi connectivity index (χ1) is 9.61. The van der Waals surface area contributed by atoms with Gasteiger partial charge in [0.2, 0.25) is 0 Å². The molecule has 0 unspecified atom stereocenters. The van der Waals surface area contributed by atoms with Crippen molar-refractivity contribution in [2.75, 3.05) is 32.5 Å². The van der Waals surface area contributed by atoms with Crippen molar-refractivity contribution in [3.05, 3.63) is 29.3 Å². The second-order valence-corrected chi connectivity index (χ2v) is 6.20. The molecular weight excluding hydrogens is 250 g/mol. The van der Waals surface area contributed by atoms with E-state index in [0.29, 0.717) is 0 Å². The Morgan fingerprint density at radius 1 is 1.40 bits per heavy atom. The summed E-state index contributed by atoms with van der Waals surface area (Å²) in [5, 5.41) is 6.43. The predicted octanol–water partition coefficient (Wildman–Crippen LogP) is 1.87. The highest BCUT2D eigenvalue weighted by Crippen LogP contribution is 2.35. The zero-order valence-corrected chi connectivity index (χ0v) is 12.3. The molecule has 0 aromatic heterocycles. The van der Waals surface area contributed by atoms with Gasteiger partial charge in [0, 0.05) is 29.9 Å². The van der Waals surface area contributed by atoms with Crippen LogP contribution in [0.15, 0.2) is 18.2 Å². The van der Waals surface area contributed by atoms with E-state index in [1.807, 2.05) is 18.2 Å². The summed E-state index contributed by atoms with van der Waals surface area (Å²) in [6.45, 7) is 1.72. The minimum atomic E-state index is 0.0489. The van der Waals surface area contributed by atoms with E-state index in [2.05, 4.69) is 29.6 Å². The van der Waals surface area contributed by atoms with Crippen molar-refractivity contribution in [1.29, 1.82) is 0 Å². The van der Waals surface area contributed by atoms with E-state index < -0.39 is 0 Å². The van der Waals surface area contributed by atoms with Crippen molar-refractivity contribution in [3.63, 3.8) is 0 Å². The maximum Gasteiger partial charge on any atom is 0.251 e. The van der Waals surface area contributed by atoms with E-state index in [4.69, 9.17) is 0 Å². The van der Waals surface area contributed by atoms with Gasteiger partial charge in [0.1, 0.15) is 0 Å². The lowest BCUT2D eigenvalue weighted by molar-refractivity contribution is 0.0557. The molecule has 1 heterocycles. The van der Waals surface area contributed by atoms with Gasteiger partial charge in [-0.15, -0.1) is 0 Å². The topological polar surface area (TPSA) is 44.4 Å². The second kappa shape index (κ2) is 5.09. The summed E-state index contributed by atoms with van der Waals surface area (Å²) in [7, 11) is 4.21. The van der Waals surface area contributed by atoms with Gasteiger partial charge in [0.25, 0.3) is 5.91 Å².